The summed E-state index contributed by atoms with van der Waals surface area (Å²) in [6.07, 6.45) is 2.63. The maximum atomic E-state index is 12.7. The van der Waals surface area contributed by atoms with Gasteiger partial charge in [0.05, 0.1) is 41.1 Å². The molecule has 0 bridgehead atoms. The molecule has 1 fully saturated rings. The number of nitrogens with one attached hydrogen (secondary N) is 1. The van der Waals surface area contributed by atoms with E-state index in [1.165, 1.54) is 18.2 Å². The van der Waals surface area contributed by atoms with E-state index in [4.69, 9.17) is 16.7 Å². The van der Waals surface area contributed by atoms with Gasteiger partial charge in [0.1, 0.15) is 6.20 Å². The van der Waals surface area contributed by atoms with Gasteiger partial charge in [0, 0.05) is 6.54 Å². The summed E-state index contributed by atoms with van der Waals surface area (Å²) in [5, 5.41) is 35.6. The fraction of sp³-hybridized carbons (Fsp3) is 0.474. The second-order valence-corrected chi connectivity index (χ2v) is 7.81. The van der Waals surface area contributed by atoms with Gasteiger partial charge in [0.15, 0.2) is 0 Å². The number of carbonyl (C=O) groups excluding carboxylic acids is 1. The SMILES string of the molecule is O=C(NCC1(O)CCCC1)c1cc(-n2ncc(=O)n(CC(O)CO)c2=O)ccc1Cl. The third-order valence-corrected chi connectivity index (χ3v) is 5.45. The monoisotopic (exact) mass is 438 g/mol. The van der Waals surface area contributed by atoms with Crippen LogP contribution in [0.5, 0.6) is 0 Å². The van der Waals surface area contributed by atoms with E-state index in [0.717, 1.165) is 28.3 Å². The molecule has 0 aliphatic heterocycles. The summed E-state index contributed by atoms with van der Waals surface area (Å²) in [6.45, 7) is -0.934. The van der Waals surface area contributed by atoms with Crippen molar-refractivity contribution < 1.29 is 20.1 Å². The van der Waals surface area contributed by atoms with Crippen LogP contribution in [0.3, 0.4) is 0 Å². The molecule has 1 aromatic heterocycles. The molecule has 1 amide bonds. The van der Waals surface area contributed by atoms with Crippen LogP contribution in [0.4, 0.5) is 0 Å². The Morgan fingerprint density at radius 3 is 2.67 bits per heavy atom. The molecule has 2 aromatic rings. The van der Waals surface area contributed by atoms with Crippen LogP contribution in [0.15, 0.2) is 34.0 Å². The first-order valence-electron chi connectivity index (χ1n) is 9.53. The molecule has 1 saturated carbocycles. The zero-order chi connectivity index (χ0) is 21.9. The standard InChI is InChI=1S/C19H23ClN4O6/c20-15-4-3-12(7-14(15)17(28)21-11-19(30)5-1-2-6-19)24-18(29)23(9-13(26)10-25)16(27)8-22-24/h3-4,7-8,13,25-26,30H,1-2,5-6,9-11H2,(H,21,28). The zero-order valence-corrected chi connectivity index (χ0v) is 16.9. The Bertz CT molecular complexity index is 1040. The van der Waals surface area contributed by atoms with Crippen molar-refractivity contribution in [3.8, 4) is 5.69 Å². The number of halogens is 1. The van der Waals surface area contributed by atoms with E-state index in [2.05, 4.69) is 10.4 Å². The molecule has 1 heterocycles. The molecular formula is C19H23ClN4O6. The van der Waals surface area contributed by atoms with Gasteiger partial charge in [-0.15, -0.1) is 0 Å². The van der Waals surface area contributed by atoms with E-state index in [1.54, 1.807) is 0 Å². The number of rotatable bonds is 7. The van der Waals surface area contributed by atoms with E-state index in [0.29, 0.717) is 12.8 Å². The second-order valence-electron chi connectivity index (χ2n) is 7.40. The van der Waals surface area contributed by atoms with Gasteiger partial charge in [-0.1, -0.05) is 24.4 Å². The van der Waals surface area contributed by atoms with Crippen molar-refractivity contribution in [3.63, 3.8) is 0 Å². The van der Waals surface area contributed by atoms with Gasteiger partial charge >= 0.3 is 5.69 Å². The Balaban J connectivity index is 1.89. The van der Waals surface area contributed by atoms with Crippen molar-refractivity contribution in [2.45, 2.75) is 43.9 Å². The summed E-state index contributed by atoms with van der Waals surface area (Å²) in [5.74, 6) is -0.515. The first kappa shape index (κ1) is 22.2. The topological polar surface area (TPSA) is 147 Å². The molecule has 1 unspecified atom stereocenters. The quantitative estimate of drug-likeness (QED) is 0.453. The number of benzene rings is 1. The molecule has 1 aromatic carbocycles. The third kappa shape index (κ3) is 4.78. The number of aromatic nitrogens is 3. The fourth-order valence-corrected chi connectivity index (χ4v) is 3.62. The second kappa shape index (κ2) is 9.09. The summed E-state index contributed by atoms with van der Waals surface area (Å²) in [7, 11) is 0. The lowest BCUT2D eigenvalue weighted by molar-refractivity contribution is 0.0449. The molecule has 0 spiro atoms. The Labute approximate surface area is 176 Å². The minimum Gasteiger partial charge on any atom is -0.394 e. The summed E-state index contributed by atoms with van der Waals surface area (Å²) in [4.78, 5) is 37.2. The largest absolute Gasteiger partial charge is 0.394 e. The molecule has 162 valence electrons. The van der Waals surface area contributed by atoms with Crippen molar-refractivity contribution in [3.05, 3.63) is 55.8 Å². The Morgan fingerprint density at radius 2 is 2.00 bits per heavy atom. The summed E-state index contributed by atoms with van der Waals surface area (Å²) < 4.78 is 1.63. The summed E-state index contributed by atoms with van der Waals surface area (Å²) >= 11 is 6.15. The van der Waals surface area contributed by atoms with Crippen molar-refractivity contribution in [1.82, 2.24) is 19.7 Å². The molecule has 1 aliphatic rings. The van der Waals surface area contributed by atoms with Crippen molar-refractivity contribution in [2.75, 3.05) is 13.2 Å². The molecule has 3 rings (SSSR count). The molecular weight excluding hydrogens is 416 g/mol. The number of aliphatic hydroxyl groups excluding tert-OH is 2. The first-order valence-corrected chi connectivity index (χ1v) is 9.90. The number of carbonyl (C=O) groups is 1. The molecule has 0 saturated heterocycles. The van der Waals surface area contributed by atoms with Crippen LogP contribution in [-0.4, -0.2) is 60.4 Å². The predicted molar refractivity (Wildman–Crippen MR) is 108 cm³/mol. The average molecular weight is 439 g/mol. The van der Waals surface area contributed by atoms with Gasteiger partial charge in [0.2, 0.25) is 0 Å². The highest BCUT2D eigenvalue weighted by molar-refractivity contribution is 6.33. The van der Waals surface area contributed by atoms with Crippen LogP contribution >= 0.6 is 11.6 Å². The van der Waals surface area contributed by atoms with Crippen LogP contribution in [-0.2, 0) is 6.54 Å². The van der Waals surface area contributed by atoms with Crippen LogP contribution < -0.4 is 16.6 Å². The van der Waals surface area contributed by atoms with Crippen LogP contribution in [0.1, 0.15) is 36.0 Å². The number of nitrogens with zero attached hydrogens (tertiary/aromatic N) is 3. The maximum Gasteiger partial charge on any atom is 0.352 e. The number of hydrogen-bond acceptors (Lipinski definition) is 7. The lowest BCUT2D eigenvalue weighted by Crippen LogP contribution is -2.43. The predicted octanol–water partition coefficient (Wildman–Crippen LogP) is -0.564. The molecule has 1 aliphatic carbocycles. The molecule has 0 radical (unpaired) electrons. The molecule has 1 atom stereocenters. The Morgan fingerprint density at radius 1 is 1.30 bits per heavy atom. The highest BCUT2D eigenvalue weighted by atomic mass is 35.5. The Hall–Kier alpha value is -2.53. The van der Waals surface area contributed by atoms with Crippen LogP contribution in [0.25, 0.3) is 5.69 Å². The van der Waals surface area contributed by atoms with Gasteiger partial charge < -0.3 is 20.6 Å². The highest BCUT2D eigenvalue weighted by Gasteiger charge is 2.31. The number of aliphatic hydroxyl groups is 3. The van der Waals surface area contributed by atoms with Crippen molar-refractivity contribution in [2.24, 2.45) is 0 Å². The van der Waals surface area contributed by atoms with Crippen molar-refractivity contribution in [1.29, 1.82) is 0 Å². The minimum absolute atomic E-state index is 0.0811. The van der Waals surface area contributed by atoms with E-state index in [-0.39, 0.29) is 22.8 Å². The molecule has 11 heteroatoms. The fourth-order valence-electron chi connectivity index (χ4n) is 3.42. The summed E-state index contributed by atoms with van der Waals surface area (Å²) in [5.41, 5.74) is -2.25. The van der Waals surface area contributed by atoms with Crippen LogP contribution in [0, 0.1) is 0 Å². The minimum atomic E-state index is -1.29. The van der Waals surface area contributed by atoms with Gasteiger partial charge in [-0.3, -0.25) is 14.2 Å². The molecule has 10 nitrogen and oxygen atoms in total. The lowest BCUT2D eigenvalue weighted by atomic mass is 10.0. The van der Waals surface area contributed by atoms with Gasteiger partial charge in [0.25, 0.3) is 11.5 Å². The van der Waals surface area contributed by atoms with E-state index in [1.807, 2.05) is 0 Å². The zero-order valence-electron chi connectivity index (χ0n) is 16.1. The van der Waals surface area contributed by atoms with Crippen molar-refractivity contribution >= 4 is 17.5 Å². The molecule has 4 N–H and O–H groups in total. The van der Waals surface area contributed by atoms with E-state index < -0.39 is 42.0 Å². The summed E-state index contributed by atoms with van der Waals surface area (Å²) in [6, 6.07) is 4.22. The smallest absolute Gasteiger partial charge is 0.352 e. The molecule has 30 heavy (non-hydrogen) atoms. The van der Waals surface area contributed by atoms with Gasteiger partial charge in [-0.05, 0) is 31.0 Å². The van der Waals surface area contributed by atoms with Gasteiger partial charge in [-0.25, -0.2) is 4.79 Å². The normalized spacial score (nSPS) is 16.4. The van der Waals surface area contributed by atoms with Crippen LogP contribution in [0.2, 0.25) is 5.02 Å². The highest BCUT2D eigenvalue weighted by Crippen LogP contribution is 2.29. The van der Waals surface area contributed by atoms with E-state index in [9.17, 15) is 24.6 Å². The van der Waals surface area contributed by atoms with Gasteiger partial charge in [-0.2, -0.15) is 9.78 Å². The maximum absolute atomic E-state index is 12.7. The average Bonchev–Trinajstić information content (AvgIpc) is 3.16. The first-order chi connectivity index (χ1) is 14.2. The lowest BCUT2D eigenvalue weighted by Gasteiger charge is -2.22. The number of amides is 1. The van der Waals surface area contributed by atoms with E-state index >= 15 is 0 Å². The third-order valence-electron chi connectivity index (χ3n) is 5.12. The Kier molecular flexibility index (Phi) is 6.71. The number of hydrogen-bond donors (Lipinski definition) is 4.